The number of carbonyl (C=O) groups is 2. The molecule has 1 aromatic carbocycles. The lowest BCUT2D eigenvalue weighted by molar-refractivity contribution is -0.123. The zero-order chi connectivity index (χ0) is 15.0. The molecule has 1 aliphatic heterocycles. The first-order chi connectivity index (χ1) is 10.1. The number of amides is 3. The molecule has 0 unspecified atom stereocenters. The number of benzene rings is 1. The lowest BCUT2D eigenvalue weighted by atomic mass is 10.1. The molecule has 0 radical (unpaired) electrons. The van der Waals surface area contributed by atoms with Crippen molar-refractivity contribution < 1.29 is 14.0 Å². The van der Waals surface area contributed by atoms with E-state index < -0.39 is 6.04 Å². The highest BCUT2D eigenvalue weighted by Crippen LogP contribution is 2.29. The Kier molecular flexibility index (Phi) is 3.29. The molecule has 0 aliphatic carbocycles. The minimum absolute atomic E-state index is 0.222. The SMILES string of the molecule is Cc1c([C@@H](C)NC(=O)[C@H]2CNC(=O)N2)oc2ccccc12. The van der Waals surface area contributed by atoms with E-state index in [0.29, 0.717) is 6.54 Å². The van der Waals surface area contributed by atoms with Gasteiger partial charge in [-0.15, -0.1) is 0 Å². The second kappa shape index (κ2) is 5.12. The van der Waals surface area contributed by atoms with Crippen molar-refractivity contribution in [1.29, 1.82) is 0 Å². The second-order valence-electron chi connectivity index (χ2n) is 5.22. The molecule has 0 spiro atoms. The molecule has 110 valence electrons. The standard InChI is InChI=1S/C15H17N3O3/c1-8-10-5-3-4-6-12(10)21-13(8)9(2)17-14(19)11-7-16-15(20)18-11/h3-6,9,11H,7H2,1-2H3,(H,17,19)(H2,16,18,20)/t9-,11-/m1/s1. The van der Waals surface area contributed by atoms with Crippen LogP contribution in [0.25, 0.3) is 11.0 Å². The van der Waals surface area contributed by atoms with Crippen molar-refractivity contribution in [2.75, 3.05) is 6.54 Å². The van der Waals surface area contributed by atoms with Gasteiger partial charge in [-0.25, -0.2) is 4.79 Å². The maximum atomic E-state index is 12.1. The van der Waals surface area contributed by atoms with Crippen molar-refractivity contribution in [1.82, 2.24) is 16.0 Å². The molecule has 0 bridgehead atoms. The van der Waals surface area contributed by atoms with Gasteiger partial charge in [0.05, 0.1) is 6.04 Å². The third kappa shape index (κ3) is 2.44. The van der Waals surface area contributed by atoms with Crippen LogP contribution in [-0.4, -0.2) is 24.5 Å². The molecule has 1 aliphatic rings. The molecule has 1 aromatic heterocycles. The lowest BCUT2D eigenvalue weighted by Gasteiger charge is -2.15. The predicted molar refractivity (Wildman–Crippen MR) is 77.8 cm³/mol. The summed E-state index contributed by atoms with van der Waals surface area (Å²) in [6.07, 6.45) is 0. The molecule has 21 heavy (non-hydrogen) atoms. The minimum atomic E-state index is -0.537. The van der Waals surface area contributed by atoms with E-state index in [0.717, 1.165) is 22.3 Å². The molecule has 3 N–H and O–H groups in total. The fourth-order valence-corrected chi connectivity index (χ4v) is 2.60. The maximum Gasteiger partial charge on any atom is 0.315 e. The lowest BCUT2D eigenvalue weighted by Crippen LogP contribution is -2.43. The highest BCUT2D eigenvalue weighted by atomic mass is 16.3. The first-order valence-electron chi connectivity index (χ1n) is 6.89. The number of hydrogen-bond donors (Lipinski definition) is 3. The van der Waals surface area contributed by atoms with Gasteiger partial charge >= 0.3 is 6.03 Å². The van der Waals surface area contributed by atoms with Crippen LogP contribution in [0.5, 0.6) is 0 Å². The van der Waals surface area contributed by atoms with Crippen LogP contribution in [0.3, 0.4) is 0 Å². The Bertz CT molecular complexity index is 707. The van der Waals surface area contributed by atoms with Crippen LogP contribution in [0.15, 0.2) is 28.7 Å². The first-order valence-corrected chi connectivity index (χ1v) is 6.89. The summed E-state index contributed by atoms with van der Waals surface area (Å²) >= 11 is 0. The summed E-state index contributed by atoms with van der Waals surface area (Å²) in [4.78, 5) is 23.2. The van der Waals surface area contributed by atoms with Crippen molar-refractivity contribution in [2.45, 2.75) is 25.9 Å². The average Bonchev–Trinajstić information content (AvgIpc) is 3.04. The quantitative estimate of drug-likeness (QED) is 0.801. The number of carbonyl (C=O) groups excluding carboxylic acids is 2. The molecule has 3 amide bonds. The fourth-order valence-electron chi connectivity index (χ4n) is 2.60. The number of furan rings is 1. The number of fused-ring (bicyclic) bond motifs is 1. The largest absolute Gasteiger partial charge is 0.459 e. The molecule has 1 fully saturated rings. The summed E-state index contributed by atoms with van der Waals surface area (Å²) in [7, 11) is 0. The van der Waals surface area contributed by atoms with Crippen LogP contribution in [0.4, 0.5) is 4.79 Å². The molecule has 2 aromatic rings. The van der Waals surface area contributed by atoms with Crippen molar-refractivity contribution in [3.8, 4) is 0 Å². The van der Waals surface area contributed by atoms with E-state index in [-0.39, 0.29) is 18.0 Å². The van der Waals surface area contributed by atoms with E-state index in [1.54, 1.807) is 0 Å². The van der Waals surface area contributed by atoms with Crippen LogP contribution in [0, 0.1) is 6.92 Å². The maximum absolute atomic E-state index is 12.1. The van der Waals surface area contributed by atoms with Crippen LogP contribution < -0.4 is 16.0 Å². The summed E-state index contributed by atoms with van der Waals surface area (Å²) in [5.74, 6) is 0.516. The third-order valence-electron chi connectivity index (χ3n) is 3.72. The fraction of sp³-hybridized carbons (Fsp3) is 0.333. The molecule has 6 nitrogen and oxygen atoms in total. The summed E-state index contributed by atoms with van der Waals surface area (Å²) in [5.41, 5.74) is 1.83. The van der Waals surface area contributed by atoms with Crippen LogP contribution in [-0.2, 0) is 4.79 Å². The number of nitrogens with one attached hydrogen (secondary N) is 3. The van der Waals surface area contributed by atoms with E-state index in [4.69, 9.17) is 4.42 Å². The van der Waals surface area contributed by atoms with E-state index >= 15 is 0 Å². The van der Waals surface area contributed by atoms with E-state index in [1.807, 2.05) is 38.1 Å². The van der Waals surface area contributed by atoms with Crippen molar-refractivity contribution >= 4 is 22.9 Å². The zero-order valence-electron chi connectivity index (χ0n) is 11.9. The highest BCUT2D eigenvalue weighted by molar-refractivity contribution is 5.90. The van der Waals surface area contributed by atoms with Gasteiger partial charge in [0.2, 0.25) is 5.91 Å². The molecule has 2 heterocycles. The monoisotopic (exact) mass is 287 g/mol. The highest BCUT2D eigenvalue weighted by Gasteiger charge is 2.28. The van der Waals surface area contributed by atoms with Crippen molar-refractivity contribution in [3.63, 3.8) is 0 Å². The van der Waals surface area contributed by atoms with Gasteiger partial charge in [0.25, 0.3) is 0 Å². The normalized spacial score (nSPS) is 19.1. The number of para-hydroxylation sites is 1. The van der Waals surface area contributed by atoms with E-state index in [2.05, 4.69) is 16.0 Å². The zero-order valence-corrected chi connectivity index (χ0v) is 11.9. The summed E-state index contributed by atoms with van der Waals surface area (Å²) in [6, 6.07) is 6.65. The Morgan fingerprint density at radius 3 is 2.86 bits per heavy atom. The number of urea groups is 1. The number of aryl methyl sites for hydroxylation is 1. The predicted octanol–water partition coefficient (Wildman–Crippen LogP) is 1.60. The third-order valence-corrected chi connectivity index (χ3v) is 3.72. The van der Waals surface area contributed by atoms with Gasteiger partial charge < -0.3 is 20.4 Å². The van der Waals surface area contributed by atoms with Crippen LogP contribution in [0.2, 0.25) is 0 Å². The first kappa shape index (κ1) is 13.5. The van der Waals surface area contributed by atoms with Gasteiger partial charge in [-0.05, 0) is 19.9 Å². The van der Waals surface area contributed by atoms with Crippen LogP contribution in [0.1, 0.15) is 24.3 Å². The molecule has 6 heteroatoms. The Labute approximate surface area is 121 Å². The molecular weight excluding hydrogens is 270 g/mol. The molecule has 1 saturated heterocycles. The van der Waals surface area contributed by atoms with Crippen molar-refractivity contribution in [3.05, 3.63) is 35.6 Å². The second-order valence-corrected chi connectivity index (χ2v) is 5.22. The van der Waals surface area contributed by atoms with Crippen LogP contribution >= 0.6 is 0 Å². The van der Waals surface area contributed by atoms with Crippen molar-refractivity contribution in [2.24, 2.45) is 0 Å². The Hall–Kier alpha value is -2.50. The molecule has 0 saturated carbocycles. The summed E-state index contributed by atoms with van der Waals surface area (Å²) < 4.78 is 5.83. The smallest absolute Gasteiger partial charge is 0.315 e. The van der Waals surface area contributed by atoms with Gasteiger partial charge in [0.1, 0.15) is 17.4 Å². The Balaban J connectivity index is 1.77. The number of hydrogen-bond acceptors (Lipinski definition) is 3. The Morgan fingerprint density at radius 2 is 2.19 bits per heavy atom. The number of rotatable bonds is 3. The minimum Gasteiger partial charge on any atom is -0.459 e. The molecule has 2 atom stereocenters. The van der Waals surface area contributed by atoms with Gasteiger partial charge in [0.15, 0.2) is 0 Å². The summed E-state index contributed by atoms with van der Waals surface area (Å²) in [5, 5.41) is 9.04. The van der Waals surface area contributed by atoms with Gasteiger partial charge in [-0.1, -0.05) is 18.2 Å². The Morgan fingerprint density at radius 1 is 1.43 bits per heavy atom. The topological polar surface area (TPSA) is 83.4 Å². The van der Waals surface area contributed by atoms with Gasteiger partial charge in [0, 0.05) is 17.5 Å². The molecular formula is C15H17N3O3. The molecule has 3 rings (SSSR count). The van der Waals surface area contributed by atoms with E-state index in [9.17, 15) is 9.59 Å². The van der Waals surface area contributed by atoms with Gasteiger partial charge in [-0.3, -0.25) is 4.79 Å². The average molecular weight is 287 g/mol. The van der Waals surface area contributed by atoms with E-state index in [1.165, 1.54) is 0 Å². The van der Waals surface area contributed by atoms with Gasteiger partial charge in [-0.2, -0.15) is 0 Å². The summed E-state index contributed by atoms with van der Waals surface area (Å²) in [6.45, 7) is 4.14.